The molecule has 1 N–H and O–H groups in total. The molecule has 0 bridgehead atoms. The molecule has 1 atom stereocenters. The van der Waals surface area contributed by atoms with Gasteiger partial charge in [0.1, 0.15) is 5.75 Å². The van der Waals surface area contributed by atoms with E-state index in [4.69, 9.17) is 16.3 Å². The van der Waals surface area contributed by atoms with Gasteiger partial charge in [-0.2, -0.15) is 0 Å². The average molecular weight is 291 g/mol. The summed E-state index contributed by atoms with van der Waals surface area (Å²) in [5.74, 6) is 0.754. The first-order valence-corrected chi connectivity index (χ1v) is 7.22. The van der Waals surface area contributed by atoms with Crippen LogP contribution < -0.4 is 4.74 Å². The molecule has 0 aliphatic heterocycles. The number of halogens is 1. The maximum atomic E-state index is 10.4. The Bertz CT molecular complexity index is 554. The first kappa shape index (κ1) is 14.9. The zero-order valence-electron chi connectivity index (χ0n) is 11.6. The Morgan fingerprint density at radius 1 is 1.15 bits per heavy atom. The molecular weight excluding hydrogens is 272 g/mol. The lowest BCUT2D eigenvalue weighted by Crippen LogP contribution is -2.06. The Balaban J connectivity index is 2.14. The van der Waals surface area contributed by atoms with E-state index in [1.54, 1.807) is 0 Å². The van der Waals surface area contributed by atoms with Gasteiger partial charge >= 0.3 is 0 Å². The van der Waals surface area contributed by atoms with Crippen molar-refractivity contribution in [2.75, 3.05) is 6.61 Å². The van der Waals surface area contributed by atoms with E-state index in [-0.39, 0.29) is 0 Å². The molecule has 0 radical (unpaired) electrons. The van der Waals surface area contributed by atoms with Crippen LogP contribution in [-0.2, 0) is 6.42 Å². The molecule has 3 heteroatoms. The number of aliphatic hydroxyl groups excluding tert-OH is 1. The summed E-state index contributed by atoms with van der Waals surface area (Å²) in [4.78, 5) is 0. The summed E-state index contributed by atoms with van der Waals surface area (Å²) >= 11 is 5.97. The summed E-state index contributed by atoms with van der Waals surface area (Å²) in [6, 6.07) is 15.2. The molecule has 0 amide bonds. The zero-order chi connectivity index (χ0) is 14.4. The summed E-state index contributed by atoms with van der Waals surface area (Å²) in [5, 5.41) is 11.1. The first-order chi connectivity index (χ1) is 9.70. The Morgan fingerprint density at radius 3 is 2.70 bits per heavy atom. The molecule has 2 aromatic rings. The maximum absolute atomic E-state index is 10.4. The van der Waals surface area contributed by atoms with Crippen LogP contribution in [0, 0.1) is 0 Å². The SMILES string of the molecule is CCCOc1ccccc1C(O)Cc1cccc(Cl)c1. The fraction of sp³-hybridized carbons (Fsp3) is 0.294. The Kier molecular flexibility index (Phi) is 5.45. The highest BCUT2D eigenvalue weighted by Gasteiger charge is 2.13. The van der Waals surface area contributed by atoms with Crippen molar-refractivity contribution in [1.29, 1.82) is 0 Å². The molecular formula is C17H19ClO2. The van der Waals surface area contributed by atoms with Gasteiger partial charge in [-0.25, -0.2) is 0 Å². The van der Waals surface area contributed by atoms with E-state index in [9.17, 15) is 5.11 Å². The second-order valence-corrected chi connectivity index (χ2v) is 5.17. The Hall–Kier alpha value is -1.51. The molecule has 2 nitrogen and oxygen atoms in total. The van der Waals surface area contributed by atoms with Gasteiger partial charge in [0.2, 0.25) is 0 Å². The minimum atomic E-state index is -0.596. The van der Waals surface area contributed by atoms with Crippen molar-refractivity contribution in [1.82, 2.24) is 0 Å². The number of para-hydroxylation sites is 1. The minimum absolute atomic E-state index is 0.521. The quantitative estimate of drug-likeness (QED) is 0.854. The van der Waals surface area contributed by atoms with Crippen molar-refractivity contribution < 1.29 is 9.84 Å². The van der Waals surface area contributed by atoms with Crippen molar-refractivity contribution in [2.45, 2.75) is 25.9 Å². The molecule has 0 aromatic heterocycles. The van der Waals surface area contributed by atoms with Crippen LogP contribution in [0.3, 0.4) is 0 Å². The number of aliphatic hydroxyl groups is 1. The van der Waals surface area contributed by atoms with Crippen LogP contribution >= 0.6 is 11.6 Å². The number of benzene rings is 2. The number of hydrogen-bond acceptors (Lipinski definition) is 2. The molecule has 2 rings (SSSR count). The number of ether oxygens (including phenoxy) is 1. The van der Waals surface area contributed by atoms with E-state index in [0.717, 1.165) is 23.3 Å². The van der Waals surface area contributed by atoms with Gasteiger partial charge in [-0.1, -0.05) is 48.9 Å². The molecule has 20 heavy (non-hydrogen) atoms. The average Bonchev–Trinajstić information content (AvgIpc) is 2.45. The van der Waals surface area contributed by atoms with E-state index in [0.29, 0.717) is 18.1 Å². The summed E-state index contributed by atoms with van der Waals surface area (Å²) in [6.07, 6.45) is 0.868. The molecule has 0 saturated heterocycles. The van der Waals surface area contributed by atoms with Crippen LogP contribution in [0.15, 0.2) is 48.5 Å². The van der Waals surface area contributed by atoms with E-state index < -0.39 is 6.10 Å². The van der Waals surface area contributed by atoms with Gasteiger partial charge < -0.3 is 9.84 Å². The third-order valence-electron chi connectivity index (χ3n) is 3.06. The third kappa shape index (κ3) is 3.99. The molecule has 0 aliphatic rings. The lowest BCUT2D eigenvalue weighted by atomic mass is 10.0. The summed E-state index contributed by atoms with van der Waals surface area (Å²) < 4.78 is 5.68. The maximum Gasteiger partial charge on any atom is 0.125 e. The molecule has 0 heterocycles. The molecule has 0 saturated carbocycles. The minimum Gasteiger partial charge on any atom is -0.493 e. The molecule has 1 unspecified atom stereocenters. The van der Waals surface area contributed by atoms with Gasteiger partial charge in [-0.3, -0.25) is 0 Å². The van der Waals surface area contributed by atoms with Crippen LogP contribution in [0.5, 0.6) is 5.75 Å². The summed E-state index contributed by atoms with van der Waals surface area (Å²) in [7, 11) is 0. The fourth-order valence-corrected chi connectivity index (χ4v) is 2.31. The van der Waals surface area contributed by atoms with Crippen molar-refractivity contribution in [3.05, 3.63) is 64.7 Å². The van der Waals surface area contributed by atoms with Gasteiger partial charge in [0.25, 0.3) is 0 Å². The lowest BCUT2D eigenvalue weighted by Gasteiger charge is -2.16. The normalized spacial score (nSPS) is 12.2. The third-order valence-corrected chi connectivity index (χ3v) is 3.29. The van der Waals surface area contributed by atoms with Gasteiger partial charge in [0.05, 0.1) is 12.7 Å². The highest BCUT2D eigenvalue weighted by atomic mass is 35.5. The van der Waals surface area contributed by atoms with Crippen LogP contribution in [0.4, 0.5) is 0 Å². The predicted octanol–water partition coefficient (Wildman–Crippen LogP) is 4.40. The van der Waals surface area contributed by atoms with Crippen molar-refractivity contribution in [3.63, 3.8) is 0 Å². The van der Waals surface area contributed by atoms with Crippen molar-refractivity contribution in [3.8, 4) is 5.75 Å². The van der Waals surface area contributed by atoms with E-state index in [1.807, 2.05) is 48.5 Å². The van der Waals surface area contributed by atoms with Crippen LogP contribution in [0.25, 0.3) is 0 Å². The largest absolute Gasteiger partial charge is 0.493 e. The van der Waals surface area contributed by atoms with E-state index in [2.05, 4.69) is 6.92 Å². The zero-order valence-corrected chi connectivity index (χ0v) is 12.3. The number of hydrogen-bond donors (Lipinski definition) is 1. The molecule has 0 aliphatic carbocycles. The smallest absolute Gasteiger partial charge is 0.125 e. The van der Waals surface area contributed by atoms with Crippen LogP contribution in [0.1, 0.15) is 30.6 Å². The van der Waals surface area contributed by atoms with Gasteiger partial charge in [0.15, 0.2) is 0 Å². The first-order valence-electron chi connectivity index (χ1n) is 6.85. The molecule has 106 valence electrons. The lowest BCUT2D eigenvalue weighted by molar-refractivity contribution is 0.171. The van der Waals surface area contributed by atoms with E-state index in [1.165, 1.54) is 0 Å². The summed E-state index contributed by atoms with van der Waals surface area (Å²) in [5.41, 5.74) is 1.83. The molecule has 0 fully saturated rings. The van der Waals surface area contributed by atoms with Gasteiger partial charge in [-0.05, 0) is 30.2 Å². The second-order valence-electron chi connectivity index (χ2n) is 4.74. The molecule has 2 aromatic carbocycles. The number of rotatable bonds is 6. The van der Waals surface area contributed by atoms with Gasteiger partial charge in [-0.15, -0.1) is 0 Å². The highest BCUT2D eigenvalue weighted by molar-refractivity contribution is 6.30. The molecule has 0 spiro atoms. The Labute approximate surface area is 125 Å². The van der Waals surface area contributed by atoms with E-state index >= 15 is 0 Å². The standard InChI is InChI=1S/C17H19ClO2/c1-2-10-20-17-9-4-3-8-15(17)16(19)12-13-6-5-7-14(18)11-13/h3-9,11,16,19H,2,10,12H2,1H3. The van der Waals surface area contributed by atoms with Crippen molar-refractivity contribution >= 4 is 11.6 Å². The Morgan fingerprint density at radius 2 is 1.95 bits per heavy atom. The van der Waals surface area contributed by atoms with Crippen LogP contribution in [-0.4, -0.2) is 11.7 Å². The predicted molar refractivity (Wildman–Crippen MR) is 82.3 cm³/mol. The fourth-order valence-electron chi connectivity index (χ4n) is 2.10. The topological polar surface area (TPSA) is 29.5 Å². The monoisotopic (exact) mass is 290 g/mol. The van der Waals surface area contributed by atoms with Gasteiger partial charge in [0, 0.05) is 17.0 Å². The van der Waals surface area contributed by atoms with Crippen molar-refractivity contribution in [2.24, 2.45) is 0 Å². The van der Waals surface area contributed by atoms with Crippen LogP contribution in [0.2, 0.25) is 5.02 Å². The second kappa shape index (κ2) is 7.32. The highest BCUT2D eigenvalue weighted by Crippen LogP contribution is 2.28. The summed E-state index contributed by atoms with van der Waals surface area (Å²) in [6.45, 7) is 2.71.